The van der Waals surface area contributed by atoms with Crippen molar-refractivity contribution in [3.63, 3.8) is 0 Å². The Morgan fingerprint density at radius 1 is 1.44 bits per heavy atom. The summed E-state index contributed by atoms with van der Waals surface area (Å²) < 4.78 is 40.3. The Balaban J connectivity index is 3.18. The second-order valence-electron chi connectivity index (χ2n) is 2.94. The minimum absolute atomic E-state index is 0.0812. The molecule has 0 fully saturated rings. The van der Waals surface area contributed by atoms with Gasteiger partial charge in [-0.25, -0.2) is 0 Å². The number of benzene rings is 1. The molecule has 0 aliphatic heterocycles. The number of carbonyl (C=O) groups excluding carboxylic acids is 1. The Morgan fingerprint density at radius 2 is 2.06 bits per heavy atom. The Morgan fingerprint density at radius 3 is 2.56 bits per heavy atom. The highest BCUT2D eigenvalue weighted by atomic mass is 79.9. The van der Waals surface area contributed by atoms with Crippen LogP contribution in [0.1, 0.15) is 23.7 Å². The molecule has 0 amide bonds. The van der Waals surface area contributed by atoms with E-state index >= 15 is 0 Å². The van der Waals surface area contributed by atoms with E-state index in [9.17, 15) is 18.0 Å². The van der Waals surface area contributed by atoms with Crippen LogP contribution < -0.4 is 4.74 Å². The Hall–Kier alpha value is -1.04. The van der Waals surface area contributed by atoms with Gasteiger partial charge in [-0.15, -0.1) is 13.2 Å². The molecule has 1 aromatic rings. The highest BCUT2D eigenvalue weighted by molar-refractivity contribution is 9.10. The van der Waals surface area contributed by atoms with E-state index in [-0.39, 0.29) is 12.0 Å². The largest absolute Gasteiger partial charge is 0.573 e. The van der Waals surface area contributed by atoms with Crippen LogP contribution in [0.4, 0.5) is 13.2 Å². The van der Waals surface area contributed by atoms with Crippen molar-refractivity contribution in [2.75, 3.05) is 0 Å². The summed E-state index contributed by atoms with van der Waals surface area (Å²) in [5.74, 6) is -0.888. The molecule has 0 bridgehead atoms. The second-order valence-corrected chi connectivity index (χ2v) is 3.79. The average molecular weight is 297 g/mol. The number of Topliss-reactive ketones (excluding diaryl/α,β-unsaturated/α-hetero) is 1. The van der Waals surface area contributed by atoms with E-state index in [1.54, 1.807) is 6.92 Å². The number of hydrogen-bond acceptors (Lipinski definition) is 2. The number of ether oxygens (including phenoxy) is 1. The standard InChI is InChI=1S/C10H8BrF3O2/c1-2-7(15)9-6(11)4-3-5-8(9)16-10(12,13)14/h3-5H,2H2,1H3. The van der Waals surface area contributed by atoms with Crippen LogP contribution in [0.25, 0.3) is 0 Å². The van der Waals surface area contributed by atoms with Crippen molar-refractivity contribution in [2.45, 2.75) is 19.7 Å². The predicted octanol–water partition coefficient (Wildman–Crippen LogP) is 3.94. The first kappa shape index (κ1) is 13.0. The monoisotopic (exact) mass is 296 g/mol. The highest BCUT2D eigenvalue weighted by Gasteiger charge is 2.33. The third kappa shape index (κ3) is 3.23. The van der Waals surface area contributed by atoms with Crippen LogP contribution in [0.15, 0.2) is 22.7 Å². The highest BCUT2D eigenvalue weighted by Crippen LogP contribution is 2.32. The van der Waals surface area contributed by atoms with Gasteiger partial charge in [0.1, 0.15) is 5.75 Å². The summed E-state index contributed by atoms with van der Waals surface area (Å²) >= 11 is 3.03. The maximum atomic E-state index is 12.1. The number of hydrogen-bond donors (Lipinski definition) is 0. The minimum atomic E-state index is -4.80. The molecule has 0 spiro atoms. The second kappa shape index (κ2) is 4.86. The van der Waals surface area contributed by atoms with Gasteiger partial charge in [0.15, 0.2) is 5.78 Å². The van der Waals surface area contributed by atoms with Gasteiger partial charge in [0.25, 0.3) is 0 Å². The molecule has 0 N–H and O–H groups in total. The quantitative estimate of drug-likeness (QED) is 0.790. The van der Waals surface area contributed by atoms with Gasteiger partial charge in [0, 0.05) is 10.9 Å². The van der Waals surface area contributed by atoms with Crippen molar-refractivity contribution in [1.82, 2.24) is 0 Å². The van der Waals surface area contributed by atoms with Gasteiger partial charge in [0.05, 0.1) is 5.56 Å². The van der Waals surface area contributed by atoms with Crippen molar-refractivity contribution in [2.24, 2.45) is 0 Å². The molecule has 0 radical (unpaired) electrons. The molecular formula is C10H8BrF3O2. The van der Waals surface area contributed by atoms with Crippen LogP contribution in [-0.4, -0.2) is 12.1 Å². The lowest BCUT2D eigenvalue weighted by atomic mass is 10.1. The summed E-state index contributed by atoms with van der Waals surface area (Å²) in [7, 11) is 0. The number of carbonyl (C=O) groups is 1. The topological polar surface area (TPSA) is 26.3 Å². The van der Waals surface area contributed by atoms with Crippen LogP contribution >= 0.6 is 15.9 Å². The molecule has 16 heavy (non-hydrogen) atoms. The summed E-state index contributed by atoms with van der Waals surface area (Å²) in [5.41, 5.74) is -0.0812. The lowest BCUT2D eigenvalue weighted by molar-refractivity contribution is -0.274. The fourth-order valence-electron chi connectivity index (χ4n) is 1.16. The molecule has 0 saturated heterocycles. The first-order valence-electron chi connectivity index (χ1n) is 4.42. The molecule has 2 nitrogen and oxygen atoms in total. The van der Waals surface area contributed by atoms with Gasteiger partial charge in [-0.2, -0.15) is 0 Å². The van der Waals surface area contributed by atoms with Crippen LogP contribution in [0, 0.1) is 0 Å². The van der Waals surface area contributed by atoms with E-state index in [0.29, 0.717) is 4.47 Å². The zero-order valence-electron chi connectivity index (χ0n) is 8.27. The summed E-state index contributed by atoms with van der Waals surface area (Å²) in [5, 5.41) is 0. The van der Waals surface area contributed by atoms with Gasteiger partial charge in [0.2, 0.25) is 0 Å². The lowest BCUT2D eigenvalue weighted by Gasteiger charge is -2.13. The Labute approximate surface area is 98.5 Å². The van der Waals surface area contributed by atoms with E-state index in [1.807, 2.05) is 0 Å². The predicted molar refractivity (Wildman–Crippen MR) is 55.4 cm³/mol. The van der Waals surface area contributed by atoms with Gasteiger partial charge < -0.3 is 4.74 Å². The van der Waals surface area contributed by atoms with E-state index < -0.39 is 17.9 Å². The number of rotatable bonds is 3. The van der Waals surface area contributed by atoms with Gasteiger partial charge in [-0.1, -0.05) is 13.0 Å². The fraction of sp³-hybridized carbons (Fsp3) is 0.300. The molecule has 0 atom stereocenters. The normalized spacial score (nSPS) is 11.3. The van der Waals surface area contributed by atoms with Gasteiger partial charge in [-0.3, -0.25) is 4.79 Å². The van der Waals surface area contributed by atoms with Crippen LogP contribution in [0.3, 0.4) is 0 Å². The molecule has 0 aromatic heterocycles. The maximum Gasteiger partial charge on any atom is 0.573 e. The molecule has 6 heteroatoms. The summed E-state index contributed by atoms with van der Waals surface area (Å²) in [4.78, 5) is 11.5. The third-order valence-corrected chi connectivity index (χ3v) is 2.46. The Kier molecular flexibility index (Phi) is 3.96. The smallest absolute Gasteiger partial charge is 0.405 e. The summed E-state index contributed by atoms with van der Waals surface area (Å²) in [6.45, 7) is 1.57. The van der Waals surface area contributed by atoms with Gasteiger partial charge >= 0.3 is 6.36 Å². The van der Waals surface area contributed by atoms with Crippen molar-refractivity contribution >= 4 is 21.7 Å². The van der Waals surface area contributed by atoms with E-state index in [0.717, 1.165) is 6.07 Å². The summed E-state index contributed by atoms with van der Waals surface area (Å²) in [6, 6.07) is 3.98. The van der Waals surface area contributed by atoms with Crippen molar-refractivity contribution in [3.05, 3.63) is 28.2 Å². The van der Waals surface area contributed by atoms with E-state index in [4.69, 9.17) is 0 Å². The van der Waals surface area contributed by atoms with E-state index in [1.165, 1.54) is 12.1 Å². The van der Waals surface area contributed by atoms with Crippen molar-refractivity contribution in [1.29, 1.82) is 0 Å². The van der Waals surface area contributed by atoms with Gasteiger partial charge in [-0.05, 0) is 28.1 Å². The molecule has 1 aromatic carbocycles. The lowest BCUT2D eigenvalue weighted by Crippen LogP contribution is -2.19. The first-order chi connectivity index (χ1) is 7.35. The van der Waals surface area contributed by atoms with Crippen LogP contribution in [-0.2, 0) is 0 Å². The first-order valence-corrected chi connectivity index (χ1v) is 5.22. The van der Waals surface area contributed by atoms with Crippen LogP contribution in [0.5, 0.6) is 5.75 Å². The zero-order valence-corrected chi connectivity index (χ0v) is 9.85. The fourth-order valence-corrected chi connectivity index (χ4v) is 1.73. The van der Waals surface area contributed by atoms with Crippen molar-refractivity contribution in [3.8, 4) is 5.75 Å². The SMILES string of the molecule is CCC(=O)c1c(Br)cccc1OC(F)(F)F. The molecule has 0 aliphatic rings. The third-order valence-electron chi connectivity index (χ3n) is 1.80. The Bertz CT molecular complexity index is 402. The minimum Gasteiger partial charge on any atom is -0.405 e. The average Bonchev–Trinajstić information content (AvgIpc) is 2.14. The number of ketones is 1. The molecule has 0 unspecified atom stereocenters. The molecule has 0 saturated carbocycles. The molecule has 0 heterocycles. The number of halogens is 4. The summed E-state index contributed by atoms with van der Waals surface area (Å²) in [6.07, 6.45) is -4.69. The van der Waals surface area contributed by atoms with Crippen LogP contribution in [0.2, 0.25) is 0 Å². The molecular weight excluding hydrogens is 289 g/mol. The molecule has 88 valence electrons. The molecule has 0 aliphatic carbocycles. The van der Waals surface area contributed by atoms with E-state index in [2.05, 4.69) is 20.7 Å². The number of alkyl halides is 3. The zero-order chi connectivity index (χ0) is 12.3. The molecule has 1 rings (SSSR count). The maximum absolute atomic E-state index is 12.1. The van der Waals surface area contributed by atoms with Crippen molar-refractivity contribution < 1.29 is 22.7 Å².